The van der Waals surface area contributed by atoms with Crippen molar-refractivity contribution in [2.75, 3.05) is 18.1 Å². The van der Waals surface area contributed by atoms with Gasteiger partial charge in [0.2, 0.25) is 10.0 Å². The molecule has 0 aromatic carbocycles. The number of sulfonamides is 1. The van der Waals surface area contributed by atoms with E-state index in [0.717, 1.165) is 11.8 Å². The lowest BCUT2D eigenvalue weighted by Gasteiger charge is -2.03. The normalized spacial score (nSPS) is 11.4. The van der Waals surface area contributed by atoms with Gasteiger partial charge in [-0.2, -0.15) is 11.8 Å². The molecule has 0 atom stereocenters. The lowest BCUT2D eigenvalue weighted by atomic mass is 10.6. The minimum Gasteiger partial charge on any atom is -0.258 e. The highest BCUT2D eigenvalue weighted by atomic mass is 35.5. The fourth-order valence-corrected chi connectivity index (χ4v) is 4.53. The summed E-state index contributed by atoms with van der Waals surface area (Å²) in [6, 6.07) is 0.965. The second-order valence-corrected chi connectivity index (χ2v) is 8.04. The molecule has 1 heterocycles. The van der Waals surface area contributed by atoms with Crippen molar-refractivity contribution in [1.29, 1.82) is 0 Å². The molecule has 1 aromatic heterocycles. The Kier molecular flexibility index (Phi) is 6.27. The molecule has 0 unspecified atom stereocenters. The molecule has 0 radical (unpaired) electrons. The first-order valence-electron chi connectivity index (χ1n) is 5.00. The third-order valence-corrected chi connectivity index (χ3v) is 6.12. The first-order valence-corrected chi connectivity index (χ1v) is 8.83. The Morgan fingerprint density at radius 2 is 2.32 bits per heavy atom. The summed E-state index contributed by atoms with van der Waals surface area (Å²) in [6.45, 7) is 3.79. The van der Waals surface area contributed by atoms with Crippen LogP contribution >= 0.6 is 34.7 Å². The molecule has 0 fully saturated rings. The zero-order valence-electron chi connectivity index (χ0n) is 9.67. The smallest absolute Gasteiger partial charge is 0.258 e. The first kappa shape index (κ1) is 16.4. The molecular formula is C9H11ClN2O4S3. The highest BCUT2D eigenvalue weighted by molar-refractivity contribution is 7.99. The van der Waals surface area contributed by atoms with Crippen LogP contribution in [0.5, 0.6) is 0 Å². The average molecular weight is 343 g/mol. The van der Waals surface area contributed by atoms with Crippen LogP contribution in [0, 0.1) is 10.1 Å². The van der Waals surface area contributed by atoms with Gasteiger partial charge in [0.25, 0.3) is 5.69 Å². The number of thioether (sulfide) groups is 1. The molecule has 0 aliphatic carbocycles. The number of hydrogen-bond donors (Lipinski definition) is 1. The van der Waals surface area contributed by atoms with Crippen molar-refractivity contribution in [3.05, 3.63) is 33.2 Å². The number of rotatable bonds is 8. The van der Waals surface area contributed by atoms with Crippen LogP contribution in [0.25, 0.3) is 0 Å². The van der Waals surface area contributed by atoms with Crippen molar-refractivity contribution in [3.8, 4) is 0 Å². The van der Waals surface area contributed by atoms with Crippen LogP contribution in [-0.4, -0.2) is 31.4 Å². The van der Waals surface area contributed by atoms with Gasteiger partial charge in [0.15, 0.2) is 4.34 Å². The largest absolute Gasteiger partial charge is 0.300 e. The van der Waals surface area contributed by atoms with E-state index >= 15 is 0 Å². The van der Waals surface area contributed by atoms with Gasteiger partial charge in [-0.15, -0.1) is 17.9 Å². The van der Waals surface area contributed by atoms with Crippen LogP contribution in [0.1, 0.15) is 0 Å². The molecule has 6 nitrogen and oxygen atoms in total. The van der Waals surface area contributed by atoms with Gasteiger partial charge in [-0.05, 0) is 0 Å². The van der Waals surface area contributed by atoms with E-state index in [4.69, 9.17) is 11.6 Å². The van der Waals surface area contributed by atoms with Gasteiger partial charge < -0.3 is 0 Å². The van der Waals surface area contributed by atoms with Gasteiger partial charge in [-0.25, -0.2) is 13.1 Å². The Bertz CT molecular complexity index is 570. The number of hydrogen-bond acceptors (Lipinski definition) is 6. The van der Waals surface area contributed by atoms with Crippen molar-refractivity contribution in [3.63, 3.8) is 0 Å². The molecule has 1 rings (SSSR count). The molecule has 0 bridgehead atoms. The van der Waals surface area contributed by atoms with Crippen molar-refractivity contribution < 1.29 is 13.3 Å². The van der Waals surface area contributed by atoms with Crippen LogP contribution in [0.2, 0.25) is 4.34 Å². The first-order chi connectivity index (χ1) is 8.88. The van der Waals surface area contributed by atoms with Crippen molar-refractivity contribution in [2.45, 2.75) is 4.21 Å². The molecule has 106 valence electrons. The Morgan fingerprint density at radius 3 is 2.84 bits per heavy atom. The SMILES string of the molecule is C=CCSCCNS(=O)(=O)c1cc([N+](=O)[O-])c(Cl)s1. The summed E-state index contributed by atoms with van der Waals surface area (Å²) in [5, 5.41) is 10.6. The summed E-state index contributed by atoms with van der Waals surface area (Å²) in [7, 11) is -3.74. The monoisotopic (exact) mass is 342 g/mol. The summed E-state index contributed by atoms with van der Waals surface area (Å²) < 4.78 is 25.7. The standard InChI is InChI=1S/C9H11ClN2O4S3/c1-2-4-17-5-3-11-19(15,16)8-6-7(12(13)14)9(10)18-8/h2,6,11H,1,3-5H2. The minimum atomic E-state index is -3.74. The summed E-state index contributed by atoms with van der Waals surface area (Å²) in [4.78, 5) is 9.88. The van der Waals surface area contributed by atoms with E-state index < -0.39 is 20.6 Å². The Balaban J connectivity index is 2.69. The highest BCUT2D eigenvalue weighted by Gasteiger charge is 2.24. The number of halogens is 1. The van der Waals surface area contributed by atoms with Gasteiger partial charge in [0.05, 0.1) is 4.92 Å². The van der Waals surface area contributed by atoms with E-state index in [0.29, 0.717) is 17.1 Å². The molecule has 0 saturated heterocycles. The van der Waals surface area contributed by atoms with Crippen molar-refractivity contribution in [1.82, 2.24) is 4.72 Å². The van der Waals surface area contributed by atoms with Gasteiger partial charge in [-0.1, -0.05) is 17.7 Å². The molecule has 0 spiro atoms. The maximum absolute atomic E-state index is 11.8. The second-order valence-electron chi connectivity index (χ2n) is 3.24. The molecular weight excluding hydrogens is 332 g/mol. The quantitative estimate of drug-likeness (QED) is 0.339. The topological polar surface area (TPSA) is 89.3 Å². The van der Waals surface area contributed by atoms with E-state index in [9.17, 15) is 18.5 Å². The van der Waals surface area contributed by atoms with Crippen LogP contribution in [-0.2, 0) is 10.0 Å². The number of nitrogens with zero attached hydrogens (tertiary/aromatic N) is 1. The molecule has 1 N–H and O–H groups in total. The maximum Gasteiger partial charge on any atom is 0.300 e. The van der Waals surface area contributed by atoms with Gasteiger partial charge in [-0.3, -0.25) is 10.1 Å². The Morgan fingerprint density at radius 1 is 1.63 bits per heavy atom. The molecule has 0 amide bonds. The number of thiophene rings is 1. The lowest BCUT2D eigenvalue weighted by Crippen LogP contribution is -2.25. The maximum atomic E-state index is 11.8. The van der Waals surface area contributed by atoms with Crippen LogP contribution in [0.15, 0.2) is 22.9 Å². The van der Waals surface area contributed by atoms with Crippen molar-refractivity contribution >= 4 is 50.4 Å². The summed E-state index contributed by atoms with van der Waals surface area (Å²) in [5.74, 6) is 1.32. The zero-order chi connectivity index (χ0) is 14.5. The van der Waals surface area contributed by atoms with E-state index in [1.807, 2.05) is 0 Å². The van der Waals surface area contributed by atoms with E-state index in [1.165, 1.54) is 11.8 Å². The van der Waals surface area contributed by atoms with Crippen LogP contribution in [0.4, 0.5) is 5.69 Å². The summed E-state index contributed by atoms with van der Waals surface area (Å²) in [5.41, 5.74) is -0.395. The van der Waals surface area contributed by atoms with Gasteiger partial charge in [0.1, 0.15) is 4.21 Å². The lowest BCUT2D eigenvalue weighted by molar-refractivity contribution is -0.384. The number of nitrogens with one attached hydrogen (secondary N) is 1. The van der Waals surface area contributed by atoms with E-state index in [1.54, 1.807) is 6.08 Å². The van der Waals surface area contributed by atoms with Gasteiger partial charge >= 0.3 is 0 Å². The fraction of sp³-hybridized carbons (Fsp3) is 0.333. The van der Waals surface area contributed by atoms with E-state index in [2.05, 4.69) is 11.3 Å². The van der Waals surface area contributed by atoms with Gasteiger partial charge in [0, 0.05) is 24.1 Å². The van der Waals surface area contributed by atoms with Crippen LogP contribution in [0.3, 0.4) is 0 Å². The third-order valence-electron chi connectivity index (χ3n) is 1.88. The van der Waals surface area contributed by atoms with E-state index in [-0.39, 0.29) is 15.1 Å². The van der Waals surface area contributed by atoms with Crippen molar-refractivity contribution in [2.24, 2.45) is 0 Å². The predicted octanol–water partition coefficient (Wildman–Crippen LogP) is 2.51. The number of nitro groups is 1. The van der Waals surface area contributed by atoms with Crippen LogP contribution < -0.4 is 4.72 Å². The predicted molar refractivity (Wildman–Crippen MR) is 78.7 cm³/mol. The average Bonchev–Trinajstić information content (AvgIpc) is 2.72. The molecule has 0 aliphatic rings. The minimum absolute atomic E-state index is 0.147. The Hall–Kier alpha value is -0.610. The molecule has 1 aromatic rings. The molecule has 10 heteroatoms. The molecule has 0 aliphatic heterocycles. The molecule has 0 saturated carbocycles. The third kappa shape index (κ3) is 4.77. The Labute approximate surface area is 124 Å². The molecule has 19 heavy (non-hydrogen) atoms. The zero-order valence-corrected chi connectivity index (χ0v) is 12.9. The second kappa shape index (κ2) is 7.25. The summed E-state index contributed by atoms with van der Waals surface area (Å²) in [6.07, 6.45) is 1.72. The summed E-state index contributed by atoms with van der Waals surface area (Å²) >= 11 is 7.81. The highest BCUT2D eigenvalue weighted by Crippen LogP contribution is 2.35. The fourth-order valence-electron chi connectivity index (χ4n) is 1.08.